The highest BCUT2D eigenvalue weighted by atomic mass is 16.2. The topological polar surface area (TPSA) is 20.3 Å². The maximum absolute atomic E-state index is 11.7. The summed E-state index contributed by atoms with van der Waals surface area (Å²) in [6.07, 6.45) is 6.59. The second-order valence-electron chi connectivity index (χ2n) is 4.04. The molecule has 1 aliphatic heterocycles. The maximum atomic E-state index is 11.7. The van der Waals surface area contributed by atoms with Crippen LogP contribution in [0.25, 0.3) is 0 Å². The molecule has 1 atom stereocenters. The molecule has 0 aliphatic carbocycles. The van der Waals surface area contributed by atoms with Crippen molar-refractivity contribution in [1.82, 2.24) is 4.90 Å². The van der Waals surface area contributed by atoms with Crippen molar-refractivity contribution in [3.63, 3.8) is 0 Å². The molecule has 1 saturated heterocycles. The third-order valence-electron chi connectivity index (χ3n) is 2.87. The summed E-state index contributed by atoms with van der Waals surface area (Å²) >= 11 is 0. The van der Waals surface area contributed by atoms with Gasteiger partial charge in [-0.3, -0.25) is 4.79 Å². The molecule has 0 aromatic carbocycles. The minimum absolute atomic E-state index is 0.369. The van der Waals surface area contributed by atoms with E-state index >= 15 is 0 Å². The molecule has 2 nitrogen and oxygen atoms in total. The number of piperidine rings is 1. The third-order valence-corrected chi connectivity index (χ3v) is 2.87. The smallest absolute Gasteiger partial charge is 0.222 e. The number of unbranched alkanes of at least 4 members (excludes halogenated alkanes) is 1. The molecule has 1 rings (SSSR count). The molecule has 13 heavy (non-hydrogen) atoms. The molecule has 0 aromatic rings. The summed E-state index contributed by atoms with van der Waals surface area (Å²) in [6.45, 7) is 5.29. The minimum Gasteiger partial charge on any atom is -0.340 e. The molecule has 1 heterocycles. The van der Waals surface area contributed by atoms with Gasteiger partial charge in [0.05, 0.1) is 0 Å². The zero-order chi connectivity index (χ0) is 9.68. The molecular formula is C11H21NO. The Labute approximate surface area is 81.3 Å². The number of rotatable bonds is 3. The van der Waals surface area contributed by atoms with Crippen molar-refractivity contribution in [2.24, 2.45) is 0 Å². The highest BCUT2D eigenvalue weighted by Crippen LogP contribution is 2.17. The van der Waals surface area contributed by atoms with Crippen LogP contribution >= 0.6 is 0 Å². The standard InChI is InChI=1S/C11H21NO/c1-3-4-8-11(13)12-9-6-5-7-10(12)2/h10H,3-9H2,1-2H3/t10-/m1/s1. The molecule has 1 fully saturated rings. The fraction of sp³-hybridized carbons (Fsp3) is 0.909. The Kier molecular flexibility index (Phi) is 4.26. The monoisotopic (exact) mass is 183 g/mol. The first-order chi connectivity index (χ1) is 6.25. The zero-order valence-corrected chi connectivity index (χ0v) is 8.88. The van der Waals surface area contributed by atoms with Gasteiger partial charge in [0.15, 0.2) is 0 Å². The quantitative estimate of drug-likeness (QED) is 0.658. The van der Waals surface area contributed by atoms with Crippen molar-refractivity contribution in [3.05, 3.63) is 0 Å². The molecule has 76 valence electrons. The fourth-order valence-corrected chi connectivity index (χ4v) is 1.94. The molecule has 1 amide bonds. The number of hydrogen-bond donors (Lipinski definition) is 0. The van der Waals surface area contributed by atoms with Gasteiger partial charge in [-0.2, -0.15) is 0 Å². The largest absolute Gasteiger partial charge is 0.340 e. The second-order valence-corrected chi connectivity index (χ2v) is 4.04. The number of carbonyl (C=O) groups is 1. The van der Waals surface area contributed by atoms with Crippen molar-refractivity contribution >= 4 is 5.91 Å². The first-order valence-corrected chi connectivity index (χ1v) is 5.55. The van der Waals surface area contributed by atoms with E-state index in [2.05, 4.69) is 18.7 Å². The fourth-order valence-electron chi connectivity index (χ4n) is 1.94. The van der Waals surface area contributed by atoms with Gasteiger partial charge in [-0.25, -0.2) is 0 Å². The van der Waals surface area contributed by atoms with Crippen molar-refractivity contribution < 1.29 is 4.79 Å². The van der Waals surface area contributed by atoms with Gasteiger partial charge in [0, 0.05) is 19.0 Å². The number of likely N-dealkylation sites (tertiary alicyclic amines) is 1. The Morgan fingerprint density at radius 2 is 2.23 bits per heavy atom. The van der Waals surface area contributed by atoms with Crippen LogP contribution in [0.3, 0.4) is 0 Å². The van der Waals surface area contributed by atoms with E-state index in [0.717, 1.165) is 25.8 Å². The Morgan fingerprint density at radius 1 is 1.46 bits per heavy atom. The predicted octanol–water partition coefficient (Wildman–Crippen LogP) is 2.58. The van der Waals surface area contributed by atoms with E-state index in [9.17, 15) is 4.79 Å². The van der Waals surface area contributed by atoms with E-state index in [-0.39, 0.29) is 0 Å². The number of hydrogen-bond acceptors (Lipinski definition) is 1. The van der Waals surface area contributed by atoms with Gasteiger partial charge in [0.1, 0.15) is 0 Å². The average Bonchev–Trinajstić information content (AvgIpc) is 2.15. The lowest BCUT2D eigenvalue weighted by Crippen LogP contribution is -2.41. The first kappa shape index (κ1) is 10.6. The van der Waals surface area contributed by atoms with E-state index in [1.165, 1.54) is 19.3 Å². The number of nitrogens with zero attached hydrogens (tertiary/aromatic N) is 1. The summed E-state index contributed by atoms with van der Waals surface area (Å²) in [5, 5.41) is 0. The lowest BCUT2D eigenvalue weighted by Gasteiger charge is -2.33. The normalized spacial score (nSPS) is 23.2. The van der Waals surface area contributed by atoms with E-state index < -0.39 is 0 Å². The highest BCUT2D eigenvalue weighted by molar-refractivity contribution is 5.76. The van der Waals surface area contributed by atoms with Gasteiger partial charge < -0.3 is 4.90 Å². The Bertz CT molecular complexity index is 167. The lowest BCUT2D eigenvalue weighted by molar-refractivity contribution is -0.134. The van der Waals surface area contributed by atoms with Crippen LogP contribution < -0.4 is 0 Å². The van der Waals surface area contributed by atoms with Crippen molar-refractivity contribution in [3.8, 4) is 0 Å². The Balaban J connectivity index is 2.35. The van der Waals surface area contributed by atoms with Gasteiger partial charge in [-0.15, -0.1) is 0 Å². The van der Waals surface area contributed by atoms with E-state index in [0.29, 0.717) is 11.9 Å². The summed E-state index contributed by atoms with van der Waals surface area (Å²) in [5.74, 6) is 0.369. The van der Waals surface area contributed by atoms with Crippen LogP contribution in [0.1, 0.15) is 52.4 Å². The highest BCUT2D eigenvalue weighted by Gasteiger charge is 2.21. The van der Waals surface area contributed by atoms with Crippen LogP contribution in [0.4, 0.5) is 0 Å². The maximum Gasteiger partial charge on any atom is 0.222 e. The molecule has 0 saturated carbocycles. The van der Waals surface area contributed by atoms with Crippen LogP contribution in [0.15, 0.2) is 0 Å². The third kappa shape index (κ3) is 3.02. The van der Waals surface area contributed by atoms with Crippen LogP contribution in [0, 0.1) is 0 Å². The van der Waals surface area contributed by atoms with E-state index in [1.807, 2.05) is 0 Å². The summed E-state index contributed by atoms with van der Waals surface area (Å²) in [5.41, 5.74) is 0. The van der Waals surface area contributed by atoms with Gasteiger partial charge in [0.2, 0.25) is 5.91 Å². The summed E-state index contributed by atoms with van der Waals surface area (Å²) < 4.78 is 0. The van der Waals surface area contributed by atoms with Crippen LogP contribution in [-0.2, 0) is 4.79 Å². The number of carbonyl (C=O) groups excluding carboxylic acids is 1. The molecule has 0 radical (unpaired) electrons. The molecular weight excluding hydrogens is 162 g/mol. The molecule has 0 unspecified atom stereocenters. The van der Waals surface area contributed by atoms with Gasteiger partial charge in [0.25, 0.3) is 0 Å². The summed E-state index contributed by atoms with van der Waals surface area (Å²) in [6, 6.07) is 0.484. The van der Waals surface area contributed by atoms with E-state index in [4.69, 9.17) is 0 Å². The number of amides is 1. The van der Waals surface area contributed by atoms with Crippen molar-refractivity contribution in [2.75, 3.05) is 6.54 Å². The zero-order valence-electron chi connectivity index (χ0n) is 8.88. The minimum atomic E-state index is 0.369. The predicted molar refractivity (Wildman–Crippen MR) is 54.6 cm³/mol. The first-order valence-electron chi connectivity index (χ1n) is 5.55. The summed E-state index contributed by atoms with van der Waals surface area (Å²) in [7, 11) is 0. The van der Waals surface area contributed by atoms with Gasteiger partial charge in [-0.1, -0.05) is 13.3 Å². The Morgan fingerprint density at radius 3 is 2.85 bits per heavy atom. The molecule has 0 aromatic heterocycles. The van der Waals surface area contributed by atoms with Gasteiger partial charge >= 0.3 is 0 Å². The SMILES string of the molecule is CCCCC(=O)N1CCCC[C@H]1C. The Hall–Kier alpha value is -0.530. The molecule has 0 N–H and O–H groups in total. The summed E-state index contributed by atoms with van der Waals surface area (Å²) in [4.78, 5) is 13.8. The van der Waals surface area contributed by atoms with Crippen LogP contribution in [0.5, 0.6) is 0 Å². The van der Waals surface area contributed by atoms with E-state index in [1.54, 1.807) is 0 Å². The van der Waals surface area contributed by atoms with Crippen molar-refractivity contribution in [2.45, 2.75) is 58.4 Å². The molecule has 0 spiro atoms. The van der Waals surface area contributed by atoms with Crippen molar-refractivity contribution in [1.29, 1.82) is 0 Å². The molecule has 0 bridgehead atoms. The lowest BCUT2D eigenvalue weighted by atomic mass is 10.0. The van der Waals surface area contributed by atoms with Gasteiger partial charge in [-0.05, 0) is 32.6 Å². The average molecular weight is 183 g/mol. The van der Waals surface area contributed by atoms with Crippen LogP contribution in [0.2, 0.25) is 0 Å². The molecule has 2 heteroatoms. The molecule has 1 aliphatic rings. The second kappa shape index (κ2) is 5.25. The van der Waals surface area contributed by atoms with Crippen LogP contribution in [-0.4, -0.2) is 23.4 Å².